The highest BCUT2D eigenvalue weighted by Gasteiger charge is 2.27. The van der Waals surface area contributed by atoms with Crippen molar-refractivity contribution in [2.45, 2.75) is 19.6 Å². The highest BCUT2D eigenvalue weighted by atomic mass is 16.5. The topological polar surface area (TPSA) is 70.0 Å². The molecule has 1 amide bonds. The summed E-state index contributed by atoms with van der Waals surface area (Å²) in [7, 11) is 0. The summed E-state index contributed by atoms with van der Waals surface area (Å²) < 4.78 is 5.80. The SMILES string of the molecule is O=C(c1c(O)cc(O)cc1OCc1ccccc1)N1CCc2ccccc2C1. The molecule has 0 aromatic heterocycles. The molecule has 1 aliphatic heterocycles. The first-order valence-electron chi connectivity index (χ1n) is 9.20. The Kier molecular flexibility index (Phi) is 4.89. The van der Waals surface area contributed by atoms with Crippen molar-refractivity contribution in [3.05, 3.63) is 89.0 Å². The zero-order valence-corrected chi connectivity index (χ0v) is 15.3. The maximum absolute atomic E-state index is 13.2. The van der Waals surface area contributed by atoms with Crippen LogP contribution in [0.1, 0.15) is 27.0 Å². The van der Waals surface area contributed by atoms with E-state index >= 15 is 0 Å². The standard InChI is InChI=1S/C23H21NO4/c25-19-12-20(26)22(21(13-19)28-15-16-6-2-1-3-7-16)23(27)24-11-10-17-8-4-5-9-18(17)14-24/h1-9,12-13,25-26H,10-11,14-15H2. The Morgan fingerprint density at radius 2 is 1.68 bits per heavy atom. The summed E-state index contributed by atoms with van der Waals surface area (Å²) in [4.78, 5) is 14.9. The number of fused-ring (bicyclic) bond motifs is 1. The average Bonchev–Trinajstić information content (AvgIpc) is 2.72. The van der Waals surface area contributed by atoms with Crippen molar-refractivity contribution >= 4 is 5.91 Å². The molecule has 0 saturated carbocycles. The van der Waals surface area contributed by atoms with Crippen molar-refractivity contribution in [2.75, 3.05) is 6.54 Å². The second kappa shape index (κ2) is 7.64. The lowest BCUT2D eigenvalue weighted by molar-refractivity contribution is 0.0726. The van der Waals surface area contributed by atoms with Gasteiger partial charge in [-0.25, -0.2) is 0 Å². The number of ether oxygens (including phenoxy) is 1. The van der Waals surface area contributed by atoms with E-state index < -0.39 is 0 Å². The molecule has 0 fully saturated rings. The van der Waals surface area contributed by atoms with Gasteiger partial charge in [0.2, 0.25) is 0 Å². The predicted octanol–water partition coefficient (Wildman–Crippen LogP) is 3.88. The lowest BCUT2D eigenvalue weighted by Crippen LogP contribution is -2.36. The van der Waals surface area contributed by atoms with E-state index in [1.165, 1.54) is 17.7 Å². The Hall–Kier alpha value is -3.47. The smallest absolute Gasteiger partial charge is 0.261 e. The number of carbonyl (C=O) groups is 1. The molecule has 1 aliphatic rings. The van der Waals surface area contributed by atoms with Gasteiger partial charge in [-0.2, -0.15) is 0 Å². The van der Waals surface area contributed by atoms with Crippen LogP contribution in [0.2, 0.25) is 0 Å². The van der Waals surface area contributed by atoms with Crippen LogP contribution in [-0.4, -0.2) is 27.6 Å². The predicted molar refractivity (Wildman–Crippen MR) is 105 cm³/mol. The third-order valence-corrected chi connectivity index (χ3v) is 4.94. The Bertz CT molecular complexity index is 1000. The molecular formula is C23H21NO4. The van der Waals surface area contributed by atoms with Gasteiger partial charge in [0.15, 0.2) is 0 Å². The molecule has 0 aliphatic carbocycles. The summed E-state index contributed by atoms with van der Waals surface area (Å²) >= 11 is 0. The van der Waals surface area contributed by atoms with Gasteiger partial charge < -0.3 is 19.8 Å². The molecule has 0 atom stereocenters. The Morgan fingerprint density at radius 1 is 0.964 bits per heavy atom. The molecule has 28 heavy (non-hydrogen) atoms. The van der Waals surface area contributed by atoms with Gasteiger partial charge in [-0.15, -0.1) is 0 Å². The fraction of sp³-hybridized carbons (Fsp3) is 0.174. The number of aromatic hydroxyl groups is 2. The van der Waals surface area contributed by atoms with Crippen LogP contribution in [0.5, 0.6) is 17.2 Å². The summed E-state index contributed by atoms with van der Waals surface area (Å²) in [5.41, 5.74) is 3.35. The van der Waals surface area contributed by atoms with Crippen LogP contribution < -0.4 is 4.74 Å². The normalized spacial score (nSPS) is 13.1. The van der Waals surface area contributed by atoms with E-state index in [9.17, 15) is 15.0 Å². The van der Waals surface area contributed by atoms with Crippen molar-refractivity contribution in [3.63, 3.8) is 0 Å². The van der Waals surface area contributed by atoms with Gasteiger partial charge >= 0.3 is 0 Å². The van der Waals surface area contributed by atoms with E-state index in [-0.39, 0.29) is 35.3 Å². The van der Waals surface area contributed by atoms with E-state index in [0.717, 1.165) is 17.5 Å². The van der Waals surface area contributed by atoms with Crippen LogP contribution in [0, 0.1) is 0 Å². The van der Waals surface area contributed by atoms with Crippen LogP contribution >= 0.6 is 0 Å². The third-order valence-electron chi connectivity index (χ3n) is 4.94. The molecule has 0 bridgehead atoms. The van der Waals surface area contributed by atoms with Gasteiger partial charge in [0.1, 0.15) is 29.4 Å². The van der Waals surface area contributed by atoms with Crippen molar-refractivity contribution < 1.29 is 19.7 Å². The van der Waals surface area contributed by atoms with Crippen LogP contribution in [0.25, 0.3) is 0 Å². The minimum atomic E-state index is -0.310. The third kappa shape index (κ3) is 3.64. The maximum atomic E-state index is 13.2. The molecule has 5 nitrogen and oxygen atoms in total. The molecule has 0 radical (unpaired) electrons. The Labute approximate surface area is 163 Å². The summed E-state index contributed by atoms with van der Waals surface area (Å²) in [5, 5.41) is 20.3. The van der Waals surface area contributed by atoms with E-state index in [1.807, 2.05) is 48.5 Å². The fourth-order valence-electron chi connectivity index (χ4n) is 3.48. The second-order valence-electron chi connectivity index (χ2n) is 6.86. The maximum Gasteiger partial charge on any atom is 0.261 e. The molecule has 142 valence electrons. The first kappa shape index (κ1) is 17.9. The van der Waals surface area contributed by atoms with Crippen molar-refractivity contribution in [3.8, 4) is 17.2 Å². The number of nitrogens with zero attached hydrogens (tertiary/aromatic N) is 1. The van der Waals surface area contributed by atoms with E-state index in [0.29, 0.717) is 13.1 Å². The van der Waals surface area contributed by atoms with Gasteiger partial charge in [-0.1, -0.05) is 54.6 Å². The van der Waals surface area contributed by atoms with Crippen molar-refractivity contribution in [1.29, 1.82) is 0 Å². The largest absolute Gasteiger partial charge is 0.508 e. The molecule has 2 N–H and O–H groups in total. The molecule has 0 unspecified atom stereocenters. The minimum absolute atomic E-state index is 0.0770. The summed E-state index contributed by atoms with van der Waals surface area (Å²) in [6.45, 7) is 1.27. The second-order valence-corrected chi connectivity index (χ2v) is 6.86. The lowest BCUT2D eigenvalue weighted by Gasteiger charge is -2.29. The van der Waals surface area contributed by atoms with Crippen LogP contribution in [0.4, 0.5) is 0 Å². The molecule has 4 rings (SSSR count). The van der Waals surface area contributed by atoms with Crippen molar-refractivity contribution in [2.24, 2.45) is 0 Å². The number of phenolic OH excluding ortho intramolecular Hbond substituents is 2. The number of hydrogen-bond acceptors (Lipinski definition) is 4. The molecule has 5 heteroatoms. The number of rotatable bonds is 4. The molecular weight excluding hydrogens is 354 g/mol. The monoisotopic (exact) mass is 375 g/mol. The zero-order valence-electron chi connectivity index (χ0n) is 15.3. The molecule has 0 spiro atoms. The first-order valence-corrected chi connectivity index (χ1v) is 9.20. The van der Waals surface area contributed by atoms with Gasteiger partial charge in [0, 0.05) is 25.2 Å². The van der Waals surface area contributed by atoms with E-state index in [4.69, 9.17) is 4.74 Å². The van der Waals surface area contributed by atoms with Crippen LogP contribution in [0.3, 0.4) is 0 Å². The van der Waals surface area contributed by atoms with Gasteiger partial charge in [0.25, 0.3) is 5.91 Å². The van der Waals surface area contributed by atoms with Crippen LogP contribution in [0.15, 0.2) is 66.7 Å². The van der Waals surface area contributed by atoms with Crippen LogP contribution in [-0.2, 0) is 19.6 Å². The summed E-state index contributed by atoms with van der Waals surface area (Å²) in [5.74, 6) is -0.576. The zero-order chi connectivity index (χ0) is 19.5. The summed E-state index contributed by atoms with van der Waals surface area (Å²) in [6, 6.07) is 20.1. The highest BCUT2D eigenvalue weighted by molar-refractivity contribution is 6.00. The van der Waals surface area contributed by atoms with Gasteiger partial charge in [-0.3, -0.25) is 4.79 Å². The first-order chi connectivity index (χ1) is 13.6. The average molecular weight is 375 g/mol. The quantitative estimate of drug-likeness (QED) is 0.726. The number of hydrogen-bond donors (Lipinski definition) is 2. The number of phenols is 2. The van der Waals surface area contributed by atoms with Gasteiger partial charge in [0.05, 0.1) is 0 Å². The molecule has 0 saturated heterocycles. The molecule has 1 heterocycles. The summed E-state index contributed by atoms with van der Waals surface area (Å²) in [6.07, 6.45) is 0.765. The molecule has 3 aromatic carbocycles. The lowest BCUT2D eigenvalue weighted by atomic mass is 9.99. The Morgan fingerprint density at radius 3 is 2.46 bits per heavy atom. The number of amides is 1. The fourth-order valence-corrected chi connectivity index (χ4v) is 3.48. The Balaban J connectivity index is 1.60. The minimum Gasteiger partial charge on any atom is -0.508 e. The number of benzene rings is 3. The van der Waals surface area contributed by atoms with E-state index in [2.05, 4.69) is 6.07 Å². The highest BCUT2D eigenvalue weighted by Crippen LogP contribution is 2.35. The van der Waals surface area contributed by atoms with Crippen molar-refractivity contribution in [1.82, 2.24) is 4.90 Å². The number of carbonyl (C=O) groups excluding carboxylic acids is 1. The molecule has 3 aromatic rings. The van der Waals surface area contributed by atoms with E-state index in [1.54, 1.807) is 4.90 Å². The van der Waals surface area contributed by atoms with Gasteiger partial charge in [-0.05, 0) is 23.1 Å².